The highest BCUT2D eigenvalue weighted by Crippen LogP contribution is 2.15. The molecule has 0 saturated carbocycles. The maximum atomic E-state index is 11.6. The second-order valence-electron chi connectivity index (χ2n) is 4.49. The summed E-state index contributed by atoms with van der Waals surface area (Å²) in [4.78, 5) is 25.1. The van der Waals surface area contributed by atoms with Crippen LogP contribution in [0.1, 0.15) is 0 Å². The number of benzene rings is 1. The van der Waals surface area contributed by atoms with Crippen molar-refractivity contribution >= 4 is 23.2 Å². The predicted molar refractivity (Wildman–Crippen MR) is 80.3 cm³/mol. The zero-order chi connectivity index (χ0) is 15.7. The highest BCUT2D eigenvalue weighted by atomic mass is 16.5. The molecule has 0 aliphatic heterocycles. The minimum absolute atomic E-state index is 0.0720. The van der Waals surface area contributed by atoms with Crippen molar-refractivity contribution in [3.63, 3.8) is 0 Å². The lowest BCUT2D eigenvalue weighted by molar-refractivity contribution is -0.136. The maximum absolute atomic E-state index is 11.6. The number of aliphatic hydroxyl groups excluding tert-OH is 1. The molecule has 21 heavy (non-hydrogen) atoms. The Bertz CT molecular complexity index is 460. The van der Waals surface area contributed by atoms with Crippen molar-refractivity contribution in [1.82, 2.24) is 5.32 Å². The largest absolute Gasteiger partial charge is 0.394 e. The highest BCUT2D eigenvalue weighted by molar-refractivity contribution is 6.39. The molecular weight excluding hydrogens is 274 g/mol. The molecule has 0 spiro atoms. The molecule has 0 radical (unpaired) electrons. The van der Waals surface area contributed by atoms with Crippen molar-refractivity contribution in [2.75, 3.05) is 50.7 Å². The fourth-order valence-corrected chi connectivity index (χ4v) is 1.51. The van der Waals surface area contributed by atoms with Gasteiger partial charge in [0.05, 0.1) is 19.8 Å². The fraction of sp³-hybridized carbons (Fsp3) is 0.429. The van der Waals surface area contributed by atoms with E-state index in [1.54, 1.807) is 12.1 Å². The lowest BCUT2D eigenvalue weighted by atomic mass is 10.2. The SMILES string of the molecule is CN(C)c1ccc(NC(=O)C(=O)NCCOCCO)cc1. The third kappa shape index (κ3) is 6.24. The number of hydrogen-bond acceptors (Lipinski definition) is 5. The second kappa shape index (κ2) is 8.93. The smallest absolute Gasteiger partial charge is 0.313 e. The van der Waals surface area contributed by atoms with Crippen LogP contribution >= 0.6 is 0 Å². The Balaban J connectivity index is 2.36. The zero-order valence-electron chi connectivity index (χ0n) is 12.3. The van der Waals surface area contributed by atoms with Gasteiger partial charge >= 0.3 is 11.8 Å². The molecule has 0 aliphatic carbocycles. The first kappa shape index (κ1) is 16.9. The van der Waals surface area contributed by atoms with Crippen LogP contribution in [-0.2, 0) is 14.3 Å². The summed E-state index contributed by atoms with van der Waals surface area (Å²) in [7, 11) is 3.83. The summed E-state index contributed by atoms with van der Waals surface area (Å²) in [5, 5.41) is 13.4. The number of amides is 2. The summed E-state index contributed by atoms with van der Waals surface area (Å²) in [6.07, 6.45) is 0. The van der Waals surface area contributed by atoms with Crippen LogP contribution in [0, 0.1) is 0 Å². The van der Waals surface area contributed by atoms with Gasteiger partial charge in [-0.25, -0.2) is 0 Å². The predicted octanol–water partition coefficient (Wildman–Crippen LogP) is -0.184. The molecule has 2 amide bonds. The van der Waals surface area contributed by atoms with Gasteiger partial charge < -0.3 is 25.4 Å². The lowest BCUT2D eigenvalue weighted by Gasteiger charge is -2.13. The average molecular weight is 295 g/mol. The first-order valence-electron chi connectivity index (χ1n) is 6.59. The average Bonchev–Trinajstić information content (AvgIpc) is 2.47. The Hall–Kier alpha value is -2.12. The molecule has 3 N–H and O–H groups in total. The van der Waals surface area contributed by atoms with Gasteiger partial charge in [0, 0.05) is 32.0 Å². The van der Waals surface area contributed by atoms with E-state index in [4.69, 9.17) is 9.84 Å². The van der Waals surface area contributed by atoms with Crippen LogP contribution in [-0.4, -0.2) is 57.4 Å². The van der Waals surface area contributed by atoms with Gasteiger partial charge in [-0.3, -0.25) is 9.59 Å². The number of hydrogen-bond donors (Lipinski definition) is 3. The Morgan fingerprint density at radius 3 is 2.38 bits per heavy atom. The van der Waals surface area contributed by atoms with Crippen LogP contribution in [0.4, 0.5) is 11.4 Å². The molecule has 1 rings (SSSR count). The minimum atomic E-state index is -0.727. The van der Waals surface area contributed by atoms with Gasteiger partial charge in [-0.15, -0.1) is 0 Å². The van der Waals surface area contributed by atoms with Crippen LogP contribution in [0.3, 0.4) is 0 Å². The van der Waals surface area contributed by atoms with Crippen molar-refractivity contribution in [2.24, 2.45) is 0 Å². The molecule has 0 unspecified atom stereocenters. The Morgan fingerprint density at radius 1 is 1.14 bits per heavy atom. The molecule has 0 fully saturated rings. The highest BCUT2D eigenvalue weighted by Gasteiger charge is 2.12. The fourth-order valence-electron chi connectivity index (χ4n) is 1.51. The van der Waals surface area contributed by atoms with Gasteiger partial charge in [-0.05, 0) is 24.3 Å². The minimum Gasteiger partial charge on any atom is -0.394 e. The van der Waals surface area contributed by atoms with E-state index in [9.17, 15) is 9.59 Å². The summed E-state index contributed by atoms with van der Waals surface area (Å²) in [6, 6.07) is 7.14. The molecule has 7 nitrogen and oxygen atoms in total. The van der Waals surface area contributed by atoms with Gasteiger partial charge in [0.2, 0.25) is 0 Å². The summed E-state index contributed by atoms with van der Waals surface area (Å²) in [5.41, 5.74) is 1.55. The van der Waals surface area contributed by atoms with E-state index < -0.39 is 11.8 Å². The molecule has 0 aromatic heterocycles. The number of ether oxygens (including phenoxy) is 1. The Labute approximate surface area is 123 Å². The summed E-state index contributed by atoms with van der Waals surface area (Å²) >= 11 is 0. The van der Waals surface area contributed by atoms with Gasteiger partial charge in [-0.1, -0.05) is 0 Å². The summed E-state index contributed by atoms with van der Waals surface area (Å²) in [5.74, 6) is -1.45. The van der Waals surface area contributed by atoms with E-state index in [0.717, 1.165) is 5.69 Å². The normalized spacial score (nSPS) is 10.0. The van der Waals surface area contributed by atoms with Gasteiger partial charge in [0.15, 0.2) is 0 Å². The van der Waals surface area contributed by atoms with Crippen molar-refractivity contribution < 1.29 is 19.4 Å². The van der Waals surface area contributed by atoms with E-state index in [2.05, 4.69) is 10.6 Å². The van der Waals surface area contributed by atoms with E-state index in [1.807, 2.05) is 31.1 Å². The van der Waals surface area contributed by atoms with E-state index in [1.165, 1.54) is 0 Å². The van der Waals surface area contributed by atoms with Crippen molar-refractivity contribution in [3.05, 3.63) is 24.3 Å². The van der Waals surface area contributed by atoms with E-state index in [0.29, 0.717) is 5.69 Å². The molecule has 0 bridgehead atoms. The summed E-state index contributed by atoms with van der Waals surface area (Å²) in [6.45, 7) is 0.598. The van der Waals surface area contributed by atoms with Gasteiger partial charge in [0.1, 0.15) is 0 Å². The number of anilines is 2. The van der Waals surface area contributed by atoms with E-state index in [-0.39, 0.29) is 26.4 Å². The standard InChI is InChI=1S/C14H21N3O4/c1-17(2)12-5-3-11(4-6-12)16-14(20)13(19)15-7-9-21-10-8-18/h3-6,18H,7-10H2,1-2H3,(H,15,19)(H,16,20). The molecule has 1 aromatic rings. The lowest BCUT2D eigenvalue weighted by Crippen LogP contribution is -2.37. The van der Waals surface area contributed by atoms with Gasteiger partial charge in [0.25, 0.3) is 0 Å². The molecule has 0 atom stereocenters. The number of aliphatic hydroxyl groups is 1. The number of carbonyl (C=O) groups is 2. The molecule has 1 aromatic carbocycles. The van der Waals surface area contributed by atoms with Gasteiger partial charge in [-0.2, -0.15) is 0 Å². The Morgan fingerprint density at radius 2 is 1.81 bits per heavy atom. The van der Waals surface area contributed by atoms with Crippen LogP contribution in [0.5, 0.6) is 0 Å². The van der Waals surface area contributed by atoms with Crippen LogP contribution in [0.25, 0.3) is 0 Å². The molecule has 7 heteroatoms. The zero-order valence-corrected chi connectivity index (χ0v) is 12.3. The molecule has 0 aliphatic rings. The topological polar surface area (TPSA) is 90.9 Å². The quantitative estimate of drug-likeness (QED) is 0.479. The summed E-state index contributed by atoms with van der Waals surface area (Å²) < 4.78 is 4.97. The van der Waals surface area contributed by atoms with Crippen molar-refractivity contribution in [3.8, 4) is 0 Å². The Kier molecular flexibility index (Phi) is 7.20. The van der Waals surface area contributed by atoms with Crippen LogP contribution in [0.15, 0.2) is 24.3 Å². The number of carbonyl (C=O) groups excluding carboxylic acids is 2. The first-order chi connectivity index (χ1) is 10.0. The second-order valence-corrected chi connectivity index (χ2v) is 4.49. The van der Waals surface area contributed by atoms with Crippen LogP contribution in [0.2, 0.25) is 0 Å². The maximum Gasteiger partial charge on any atom is 0.313 e. The first-order valence-corrected chi connectivity index (χ1v) is 6.59. The molecule has 116 valence electrons. The third-order valence-corrected chi connectivity index (χ3v) is 2.62. The molecule has 0 saturated heterocycles. The van der Waals surface area contributed by atoms with Crippen molar-refractivity contribution in [2.45, 2.75) is 0 Å². The third-order valence-electron chi connectivity index (χ3n) is 2.62. The van der Waals surface area contributed by atoms with E-state index >= 15 is 0 Å². The number of nitrogens with zero attached hydrogens (tertiary/aromatic N) is 1. The van der Waals surface area contributed by atoms with Crippen molar-refractivity contribution in [1.29, 1.82) is 0 Å². The monoisotopic (exact) mass is 295 g/mol. The number of nitrogens with one attached hydrogen (secondary N) is 2. The molecule has 0 heterocycles. The van der Waals surface area contributed by atoms with Crippen LogP contribution < -0.4 is 15.5 Å². The molecular formula is C14H21N3O4. The number of rotatable bonds is 7.